The minimum absolute atomic E-state index is 0. The van der Waals surface area contributed by atoms with Crippen LogP contribution in [0, 0.1) is 0 Å². The zero-order chi connectivity index (χ0) is 38.1. The summed E-state index contributed by atoms with van der Waals surface area (Å²) >= 11 is 0. The van der Waals surface area contributed by atoms with E-state index in [-0.39, 0.29) is 49.5 Å². The molecule has 1 spiro atoms. The van der Waals surface area contributed by atoms with Crippen molar-refractivity contribution in [3.8, 4) is 11.1 Å². The average Bonchev–Trinajstić information content (AvgIpc) is 3.93. The molecule has 0 saturated carbocycles. The van der Waals surface area contributed by atoms with Gasteiger partial charge in [-0.05, 0) is 80.8 Å². The van der Waals surface area contributed by atoms with Crippen LogP contribution in [-0.2, 0) is 38.1 Å². The molecule has 0 unspecified atom stereocenters. The van der Waals surface area contributed by atoms with Gasteiger partial charge in [-0.1, -0.05) is 164 Å². The number of nitrogens with one attached hydrogen (secondary N) is 2. The summed E-state index contributed by atoms with van der Waals surface area (Å²) in [7, 11) is 0. The third-order valence-electron chi connectivity index (χ3n) is 11.9. The topological polar surface area (TPSA) is 75.0 Å². The molecule has 2 aromatic heterocycles. The molecule has 0 aliphatic heterocycles. The van der Waals surface area contributed by atoms with Crippen LogP contribution in [0.1, 0.15) is 39.8 Å². The van der Waals surface area contributed by atoms with E-state index in [1.807, 2.05) is 66.7 Å². The predicted octanol–water partition coefficient (Wildman–Crippen LogP) is 14.0. The second kappa shape index (κ2) is 14.2. The number of H-pyrrole nitrogens is 1. The van der Waals surface area contributed by atoms with Gasteiger partial charge >= 0.3 is 0 Å². The number of rotatable bonds is 3. The molecule has 0 saturated heterocycles. The molecule has 0 atom stereocenters. The van der Waals surface area contributed by atoms with E-state index < -0.39 is 0 Å². The zero-order valence-electron chi connectivity index (χ0n) is 31.5. The number of hydrogen-bond acceptors (Lipinski definition) is 1. The molecule has 2 N–H and O–H groups in total. The standard InChI is InChI=1S/C32H21N.C21H14N2O.Y/c1-2-13-24-27(14-3-1)32(25-15-7-4-10-20(25)21-11-5-8-16-26(21)32)28-19-18-23-22-12-6-9-17-29(22)33-31(23)30(24)28;22-18(14-6-2-1-3-7-14)13-19(23)15-10-11-17-16-8-4-5-9-20(16)24-21(17)12-15;/h2-19,33H,1H2;1-13,22H;/q;-2;/b;18-13-;. The summed E-state index contributed by atoms with van der Waals surface area (Å²) in [5.41, 5.74) is 24.5. The van der Waals surface area contributed by atoms with Crippen LogP contribution in [0.3, 0.4) is 0 Å². The van der Waals surface area contributed by atoms with E-state index in [2.05, 4.69) is 114 Å². The molecular weight excluding hydrogens is 784 g/mol. The van der Waals surface area contributed by atoms with Gasteiger partial charge in [0, 0.05) is 65.3 Å². The van der Waals surface area contributed by atoms with Gasteiger partial charge in [-0.25, -0.2) is 0 Å². The van der Waals surface area contributed by atoms with Crippen LogP contribution in [0.2, 0.25) is 0 Å². The summed E-state index contributed by atoms with van der Waals surface area (Å²) in [5.74, 6) is 0. The van der Waals surface area contributed by atoms with Crippen molar-refractivity contribution < 1.29 is 37.1 Å². The summed E-state index contributed by atoms with van der Waals surface area (Å²) < 4.78 is 5.84. The Morgan fingerprint density at radius 3 is 2.03 bits per heavy atom. The number of hydrogen-bond donors (Lipinski definition) is 1. The van der Waals surface area contributed by atoms with Gasteiger partial charge in [-0.2, -0.15) is 5.71 Å². The molecule has 5 heteroatoms. The minimum atomic E-state index is -0.283. The first-order valence-corrected chi connectivity index (χ1v) is 19.4. The number of furan rings is 1. The molecule has 0 fully saturated rings. The van der Waals surface area contributed by atoms with E-state index in [9.17, 15) is 5.41 Å². The van der Waals surface area contributed by atoms with Crippen LogP contribution in [0.5, 0.6) is 0 Å². The van der Waals surface area contributed by atoms with Crippen LogP contribution < -0.4 is 0 Å². The monoisotopic (exact) mass is 818 g/mol. The number of aromatic nitrogens is 1. The summed E-state index contributed by atoms with van der Waals surface area (Å²) in [5, 5.41) is 15.0. The number of allylic oxidation sites excluding steroid dienone is 7. The molecule has 273 valence electrons. The maximum atomic E-state index is 10.4. The minimum Gasteiger partial charge on any atom is -0.803 e. The Labute approximate surface area is 361 Å². The van der Waals surface area contributed by atoms with Crippen molar-refractivity contribution in [1.82, 2.24) is 4.98 Å². The average molecular weight is 819 g/mol. The molecule has 3 aliphatic carbocycles. The van der Waals surface area contributed by atoms with Gasteiger partial charge in [0.25, 0.3) is 0 Å². The maximum absolute atomic E-state index is 10.4. The molecule has 7 aromatic carbocycles. The van der Waals surface area contributed by atoms with Crippen molar-refractivity contribution in [2.24, 2.45) is 0 Å². The van der Waals surface area contributed by atoms with Crippen molar-refractivity contribution in [3.05, 3.63) is 238 Å². The Morgan fingerprint density at radius 1 is 0.603 bits per heavy atom. The summed E-state index contributed by atoms with van der Waals surface area (Å²) in [6, 6.07) is 54.1. The fourth-order valence-electron chi connectivity index (χ4n) is 9.45. The van der Waals surface area contributed by atoms with Gasteiger partial charge in [0.15, 0.2) is 0 Å². The third-order valence-corrected chi connectivity index (χ3v) is 11.9. The third kappa shape index (κ3) is 5.40. The molecule has 12 rings (SSSR count). The van der Waals surface area contributed by atoms with Gasteiger partial charge < -0.3 is 20.5 Å². The maximum Gasteiger partial charge on any atom is 0.135 e. The fraction of sp³-hybridized carbons (Fsp3) is 0.0377. The first-order valence-electron chi connectivity index (χ1n) is 19.4. The van der Waals surface area contributed by atoms with Crippen LogP contribution >= 0.6 is 0 Å². The Balaban J connectivity index is 0.000000146. The van der Waals surface area contributed by atoms with E-state index in [0.717, 1.165) is 33.9 Å². The number of fused-ring (bicyclic) bond motifs is 16. The first-order chi connectivity index (χ1) is 28.1. The second-order valence-electron chi connectivity index (χ2n) is 14.9. The molecule has 0 bridgehead atoms. The van der Waals surface area contributed by atoms with Gasteiger partial charge in [0.1, 0.15) is 11.2 Å². The first kappa shape index (κ1) is 36.0. The van der Waals surface area contributed by atoms with E-state index >= 15 is 0 Å². The van der Waals surface area contributed by atoms with Crippen LogP contribution in [-0.4, -0.2) is 10.7 Å². The molecule has 3 aliphatic rings. The molecule has 9 aromatic rings. The molecule has 2 heterocycles. The quantitative estimate of drug-likeness (QED) is 0.177. The number of nitrogens with zero attached hydrogens (tertiary/aromatic N) is 1. The molecule has 0 amide bonds. The van der Waals surface area contributed by atoms with Crippen molar-refractivity contribution in [2.75, 3.05) is 0 Å². The zero-order valence-corrected chi connectivity index (χ0v) is 34.4. The van der Waals surface area contributed by atoms with Gasteiger partial charge in [-0.3, -0.25) is 0 Å². The number of para-hydroxylation sites is 2. The predicted molar refractivity (Wildman–Crippen MR) is 237 cm³/mol. The summed E-state index contributed by atoms with van der Waals surface area (Å²) in [6.07, 6.45) is 11.8. The van der Waals surface area contributed by atoms with Crippen molar-refractivity contribution in [3.63, 3.8) is 0 Å². The van der Waals surface area contributed by atoms with Crippen LogP contribution in [0.15, 0.2) is 198 Å². The Bertz CT molecular complexity index is 3200. The van der Waals surface area contributed by atoms with E-state index in [1.165, 1.54) is 72.4 Å². The smallest absolute Gasteiger partial charge is 0.135 e. The molecule has 4 nitrogen and oxygen atoms in total. The normalized spacial score (nSPS) is 14.5. The van der Waals surface area contributed by atoms with Crippen molar-refractivity contribution in [1.29, 1.82) is 0 Å². The summed E-state index contributed by atoms with van der Waals surface area (Å²) in [6.45, 7) is 0. The van der Waals surface area contributed by atoms with E-state index in [4.69, 9.17) is 10.2 Å². The van der Waals surface area contributed by atoms with Crippen molar-refractivity contribution in [2.45, 2.75) is 11.8 Å². The second-order valence-corrected chi connectivity index (χ2v) is 14.9. The Kier molecular flexibility index (Phi) is 8.86. The number of aromatic amines is 1. The Hall–Kier alpha value is -6.33. The van der Waals surface area contributed by atoms with Gasteiger partial charge in [0.2, 0.25) is 0 Å². The van der Waals surface area contributed by atoms with Gasteiger partial charge in [0.05, 0.1) is 10.9 Å². The van der Waals surface area contributed by atoms with Crippen LogP contribution in [0.25, 0.3) is 77.3 Å². The summed E-state index contributed by atoms with van der Waals surface area (Å²) in [4.78, 5) is 3.79. The molecule has 58 heavy (non-hydrogen) atoms. The fourth-order valence-corrected chi connectivity index (χ4v) is 9.45. The largest absolute Gasteiger partial charge is 0.803 e. The Morgan fingerprint density at radius 2 is 1.24 bits per heavy atom. The van der Waals surface area contributed by atoms with E-state index in [0.29, 0.717) is 5.56 Å². The number of benzene rings is 7. The SMILES string of the molecule is C1=CC2=C(C=CC1)C1(c3ccccc3-c3ccccc31)c1ccc3c([nH]c4ccccc43)c12.[N-]=C(/C=C(\[NH-])c1ccccc1)c1ccc2c(c1)oc1ccccc12.[Y]. The van der Waals surface area contributed by atoms with Crippen LogP contribution in [0.4, 0.5) is 0 Å². The van der Waals surface area contributed by atoms with Gasteiger partial charge in [-0.15, -0.1) is 5.70 Å². The van der Waals surface area contributed by atoms with E-state index in [1.54, 1.807) is 6.07 Å². The molecular formula is C53H35N3OY-2. The molecule has 1 radical (unpaired) electrons. The van der Waals surface area contributed by atoms with Crippen molar-refractivity contribution >= 4 is 60.7 Å².